The highest BCUT2D eigenvalue weighted by molar-refractivity contribution is 7.81. The number of aromatic nitrogens is 1. The molecule has 4 nitrogen and oxygen atoms in total. The van der Waals surface area contributed by atoms with Crippen LogP contribution >= 0.6 is 12.6 Å². The van der Waals surface area contributed by atoms with Crippen LogP contribution in [0.15, 0.2) is 18.3 Å². The van der Waals surface area contributed by atoms with Crippen molar-refractivity contribution >= 4 is 30.6 Å². The van der Waals surface area contributed by atoms with Crippen LogP contribution in [-0.4, -0.2) is 29.0 Å². The minimum atomic E-state index is -0.0307. The fourth-order valence-corrected chi connectivity index (χ4v) is 1.94. The summed E-state index contributed by atoms with van der Waals surface area (Å²) in [5.74, 6) is 0.408. The van der Waals surface area contributed by atoms with Crippen LogP contribution < -0.4 is 4.90 Å². The van der Waals surface area contributed by atoms with Crippen LogP contribution in [0.3, 0.4) is 0 Å². The summed E-state index contributed by atoms with van der Waals surface area (Å²) in [5, 5.41) is 0.0269. The Bertz CT molecular complexity index is 408. The molecule has 0 N–H and O–H groups in total. The van der Waals surface area contributed by atoms with E-state index in [1.54, 1.807) is 18.3 Å². The van der Waals surface area contributed by atoms with E-state index >= 15 is 0 Å². The lowest BCUT2D eigenvalue weighted by Crippen LogP contribution is -2.26. The van der Waals surface area contributed by atoms with Gasteiger partial charge in [-0.1, -0.05) is 0 Å². The normalized spacial score (nSPS) is 20.7. The van der Waals surface area contributed by atoms with Crippen LogP contribution in [0, 0.1) is 0 Å². The maximum absolute atomic E-state index is 11.6. The van der Waals surface area contributed by atoms with Crippen LogP contribution in [0.5, 0.6) is 0 Å². The number of thiol groups is 1. The Kier molecular flexibility index (Phi) is 2.73. The second kappa shape index (κ2) is 4.02. The zero-order valence-corrected chi connectivity index (χ0v) is 8.85. The van der Waals surface area contributed by atoms with Crippen LogP contribution in [0.25, 0.3) is 0 Å². The fraction of sp³-hybridized carbons (Fsp3) is 0.300. The van der Waals surface area contributed by atoms with Crippen LogP contribution in [0.4, 0.5) is 5.82 Å². The third kappa shape index (κ3) is 1.87. The van der Waals surface area contributed by atoms with Gasteiger partial charge >= 0.3 is 0 Å². The molecule has 1 aliphatic heterocycles. The molecule has 1 unspecified atom stereocenters. The average molecular weight is 222 g/mol. The summed E-state index contributed by atoms with van der Waals surface area (Å²) in [4.78, 5) is 27.9. The average Bonchev–Trinajstić information content (AvgIpc) is 2.57. The summed E-state index contributed by atoms with van der Waals surface area (Å²) < 4.78 is 0. The van der Waals surface area contributed by atoms with Gasteiger partial charge in [0, 0.05) is 24.4 Å². The van der Waals surface area contributed by atoms with E-state index in [0.717, 1.165) is 0 Å². The number of hydrogen-bond donors (Lipinski definition) is 1. The Morgan fingerprint density at radius 3 is 3.00 bits per heavy atom. The summed E-state index contributed by atoms with van der Waals surface area (Å²) >= 11 is 4.25. The number of amides is 1. The van der Waals surface area contributed by atoms with Gasteiger partial charge in [-0.3, -0.25) is 14.5 Å². The molecule has 1 fully saturated rings. The van der Waals surface area contributed by atoms with Gasteiger partial charge in [-0.15, -0.1) is 0 Å². The molecule has 0 aliphatic carbocycles. The smallest absolute Gasteiger partial charge is 0.229 e. The molecule has 1 aromatic heterocycles. The molecule has 1 aliphatic rings. The monoisotopic (exact) mass is 222 g/mol. The van der Waals surface area contributed by atoms with Crippen molar-refractivity contribution in [3.8, 4) is 0 Å². The molecule has 1 amide bonds. The highest BCUT2D eigenvalue weighted by Crippen LogP contribution is 2.24. The quantitative estimate of drug-likeness (QED) is 0.598. The number of carbonyl (C=O) groups is 2. The van der Waals surface area contributed by atoms with Gasteiger partial charge in [-0.25, -0.2) is 4.98 Å². The molecule has 78 valence electrons. The molecule has 5 heteroatoms. The molecule has 1 atom stereocenters. The first-order valence-electron chi connectivity index (χ1n) is 4.61. The molecule has 0 aromatic carbocycles. The lowest BCUT2D eigenvalue weighted by molar-refractivity contribution is -0.117. The van der Waals surface area contributed by atoms with E-state index in [1.807, 2.05) is 0 Å². The lowest BCUT2D eigenvalue weighted by atomic mass is 10.2. The summed E-state index contributed by atoms with van der Waals surface area (Å²) in [6, 6.07) is 3.32. The van der Waals surface area contributed by atoms with Crippen LogP contribution in [0.1, 0.15) is 16.8 Å². The first-order chi connectivity index (χ1) is 7.22. The molecule has 0 spiro atoms. The Balaban J connectivity index is 2.37. The van der Waals surface area contributed by atoms with E-state index < -0.39 is 0 Å². The molecule has 0 radical (unpaired) electrons. The Labute approximate surface area is 92.7 Å². The zero-order chi connectivity index (χ0) is 10.8. The molecule has 15 heavy (non-hydrogen) atoms. The summed E-state index contributed by atoms with van der Waals surface area (Å²) in [7, 11) is 0. The fourth-order valence-electron chi connectivity index (χ4n) is 1.62. The highest BCUT2D eigenvalue weighted by atomic mass is 32.1. The first kappa shape index (κ1) is 10.2. The standard InChI is InChI=1S/C10H10N2O2S/c13-6-7-2-1-3-11-10(7)12-5-8(15)4-9(12)14/h1-3,6,8,15H,4-5H2. The Hall–Kier alpha value is -1.36. The largest absolute Gasteiger partial charge is 0.298 e. The number of rotatable bonds is 2. The Morgan fingerprint density at radius 2 is 2.40 bits per heavy atom. The third-order valence-electron chi connectivity index (χ3n) is 2.30. The van der Waals surface area contributed by atoms with Crippen LogP contribution in [-0.2, 0) is 4.79 Å². The first-order valence-corrected chi connectivity index (χ1v) is 5.12. The maximum Gasteiger partial charge on any atom is 0.229 e. The second-order valence-electron chi connectivity index (χ2n) is 3.40. The number of nitrogens with zero attached hydrogens (tertiary/aromatic N) is 2. The predicted molar refractivity (Wildman–Crippen MR) is 59.4 cm³/mol. The van der Waals surface area contributed by atoms with E-state index in [9.17, 15) is 9.59 Å². The number of anilines is 1. The molecule has 0 saturated carbocycles. The number of hydrogen-bond acceptors (Lipinski definition) is 4. The molecule has 2 rings (SSSR count). The number of pyridine rings is 1. The van der Waals surface area contributed by atoms with Gasteiger partial charge in [-0.2, -0.15) is 12.6 Å². The molecule has 1 saturated heterocycles. The van der Waals surface area contributed by atoms with Gasteiger partial charge in [0.15, 0.2) is 6.29 Å². The molecule has 2 heterocycles. The van der Waals surface area contributed by atoms with Gasteiger partial charge in [0.05, 0.1) is 5.56 Å². The number of carbonyl (C=O) groups excluding carboxylic acids is 2. The van der Waals surface area contributed by atoms with Crippen molar-refractivity contribution in [1.82, 2.24) is 4.98 Å². The molecule has 1 aromatic rings. The van der Waals surface area contributed by atoms with Gasteiger partial charge in [0.1, 0.15) is 5.82 Å². The van der Waals surface area contributed by atoms with E-state index in [4.69, 9.17) is 0 Å². The van der Waals surface area contributed by atoms with Crippen molar-refractivity contribution in [3.63, 3.8) is 0 Å². The van der Waals surface area contributed by atoms with Gasteiger partial charge in [-0.05, 0) is 12.1 Å². The van der Waals surface area contributed by atoms with Crippen molar-refractivity contribution in [2.75, 3.05) is 11.4 Å². The van der Waals surface area contributed by atoms with Crippen molar-refractivity contribution in [3.05, 3.63) is 23.9 Å². The lowest BCUT2D eigenvalue weighted by Gasteiger charge is -2.15. The van der Waals surface area contributed by atoms with Crippen molar-refractivity contribution in [2.45, 2.75) is 11.7 Å². The molecule has 0 bridgehead atoms. The minimum absolute atomic E-state index is 0.0269. The number of aldehydes is 1. The SMILES string of the molecule is O=Cc1cccnc1N1CC(S)CC1=O. The van der Waals surface area contributed by atoms with Gasteiger partial charge in [0.2, 0.25) is 5.91 Å². The maximum atomic E-state index is 11.6. The Morgan fingerprint density at radius 1 is 1.60 bits per heavy atom. The molecular weight excluding hydrogens is 212 g/mol. The van der Waals surface area contributed by atoms with E-state index in [-0.39, 0.29) is 11.2 Å². The van der Waals surface area contributed by atoms with Gasteiger partial charge in [0.25, 0.3) is 0 Å². The van der Waals surface area contributed by atoms with Crippen molar-refractivity contribution < 1.29 is 9.59 Å². The van der Waals surface area contributed by atoms with Gasteiger partial charge < -0.3 is 0 Å². The van der Waals surface area contributed by atoms with E-state index in [0.29, 0.717) is 30.6 Å². The highest BCUT2D eigenvalue weighted by Gasteiger charge is 2.30. The summed E-state index contributed by atoms with van der Waals surface area (Å²) in [6.45, 7) is 0.514. The zero-order valence-electron chi connectivity index (χ0n) is 7.96. The van der Waals surface area contributed by atoms with Crippen LogP contribution in [0.2, 0.25) is 0 Å². The topological polar surface area (TPSA) is 50.3 Å². The summed E-state index contributed by atoms with van der Waals surface area (Å²) in [6.07, 6.45) is 2.68. The minimum Gasteiger partial charge on any atom is -0.298 e. The van der Waals surface area contributed by atoms with Crippen molar-refractivity contribution in [1.29, 1.82) is 0 Å². The van der Waals surface area contributed by atoms with E-state index in [2.05, 4.69) is 17.6 Å². The predicted octanol–water partition coefficient (Wildman–Crippen LogP) is 0.929. The van der Waals surface area contributed by atoms with Crippen molar-refractivity contribution in [2.24, 2.45) is 0 Å². The molecular formula is C10H10N2O2S. The van der Waals surface area contributed by atoms with E-state index in [1.165, 1.54) is 4.90 Å². The summed E-state index contributed by atoms with van der Waals surface area (Å²) in [5.41, 5.74) is 0.438. The third-order valence-corrected chi connectivity index (χ3v) is 2.65. The second-order valence-corrected chi connectivity index (χ2v) is 4.13.